The summed E-state index contributed by atoms with van der Waals surface area (Å²) in [5.41, 5.74) is 1.57. The van der Waals surface area contributed by atoms with Crippen LogP contribution >= 0.6 is 0 Å². The van der Waals surface area contributed by atoms with E-state index in [2.05, 4.69) is 20.1 Å². The van der Waals surface area contributed by atoms with Gasteiger partial charge in [0.05, 0.1) is 6.54 Å². The van der Waals surface area contributed by atoms with Gasteiger partial charge in [0.25, 0.3) is 6.43 Å². The molecule has 1 saturated heterocycles. The Labute approximate surface area is 159 Å². The smallest absolute Gasteiger partial charge is 0.256 e. The first-order valence-electron chi connectivity index (χ1n) is 8.95. The lowest BCUT2D eigenvalue weighted by Gasteiger charge is -2.10. The average Bonchev–Trinajstić information content (AvgIpc) is 3.35. The molecule has 146 valence electrons. The summed E-state index contributed by atoms with van der Waals surface area (Å²) in [6.45, 7) is 3.75. The third-order valence-electron chi connectivity index (χ3n) is 4.59. The zero-order valence-electron chi connectivity index (χ0n) is 15.5. The molecule has 10 heteroatoms. The second kappa shape index (κ2) is 7.10. The molecule has 0 aliphatic carbocycles. The molecule has 0 aromatic carbocycles. The molecule has 1 amide bonds. The molecule has 0 N–H and O–H groups in total. The summed E-state index contributed by atoms with van der Waals surface area (Å²) in [4.78, 5) is 26.5. The van der Waals surface area contributed by atoms with Crippen molar-refractivity contribution >= 4 is 29.5 Å². The van der Waals surface area contributed by atoms with E-state index in [4.69, 9.17) is 0 Å². The van der Waals surface area contributed by atoms with Crippen LogP contribution in [0.1, 0.15) is 35.9 Å². The van der Waals surface area contributed by atoms with Crippen LogP contribution < -0.4 is 4.90 Å². The number of nitrogens with zero attached hydrogens (tertiary/aromatic N) is 7. The Bertz CT molecular complexity index is 1030. The maximum atomic E-state index is 13.0. The Morgan fingerprint density at radius 1 is 1.25 bits per heavy atom. The molecule has 0 spiro atoms. The number of anilines is 1. The first kappa shape index (κ1) is 18.2. The van der Waals surface area contributed by atoms with E-state index in [9.17, 15) is 13.6 Å². The molecule has 3 aromatic rings. The minimum absolute atomic E-state index is 0.0438. The number of aryl methyl sites for hydroxylation is 2. The van der Waals surface area contributed by atoms with Crippen LogP contribution in [0, 0.1) is 13.8 Å². The Morgan fingerprint density at radius 2 is 2.07 bits per heavy atom. The summed E-state index contributed by atoms with van der Waals surface area (Å²) in [7, 11) is 0. The molecule has 1 aliphatic heterocycles. The number of imidazole rings is 1. The molecule has 3 aromatic heterocycles. The monoisotopic (exact) mass is 387 g/mol. The lowest BCUT2D eigenvalue weighted by atomic mass is 10.3. The quantitative estimate of drug-likeness (QED) is 0.672. The van der Waals surface area contributed by atoms with Gasteiger partial charge in [-0.25, -0.2) is 23.7 Å². The van der Waals surface area contributed by atoms with E-state index in [1.807, 2.05) is 13.8 Å². The molecule has 0 unspecified atom stereocenters. The first-order valence-corrected chi connectivity index (χ1v) is 8.95. The van der Waals surface area contributed by atoms with Crippen LogP contribution in [0.25, 0.3) is 17.8 Å². The summed E-state index contributed by atoms with van der Waals surface area (Å²) in [6.07, 6.45) is 5.07. The minimum atomic E-state index is -2.53. The van der Waals surface area contributed by atoms with Gasteiger partial charge in [-0.05, 0) is 32.4 Å². The predicted molar refractivity (Wildman–Crippen MR) is 99.0 cm³/mol. The van der Waals surface area contributed by atoms with Crippen molar-refractivity contribution < 1.29 is 13.6 Å². The third-order valence-corrected chi connectivity index (χ3v) is 4.59. The standard InChI is InChI=1S/C18H19F2N7O/c1-11-8-21-12(2)27-18(11)22-14(24-27)5-6-15-23-16(10-25(15)9-13(19)20)26-7-3-4-17(26)28/h5-6,8,10,13H,3-4,7,9H2,1-2H3. The van der Waals surface area contributed by atoms with Crippen LogP contribution in [-0.4, -0.2) is 48.0 Å². The number of hydrogen-bond donors (Lipinski definition) is 0. The fourth-order valence-corrected chi connectivity index (χ4v) is 3.20. The van der Waals surface area contributed by atoms with E-state index in [0.717, 1.165) is 12.0 Å². The number of fused-ring (bicyclic) bond motifs is 1. The van der Waals surface area contributed by atoms with Crippen molar-refractivity contribution in [3.63, 3.8) is 0 Å². The van der Waals surface area contributed by atoms with Crippen LogP contribution in [0.5, 0.6) is 0 Å². The van der Waals surface area contributed by atoms with Crippen molar-refractivity contribution in [3.05, 3.63) is 35.4 Å². The van der Waals surface area contributed by atoms with E-state index in [1.165, 1.54) is 15.7 Å². The van der Waals surface area contributed by atoms with E-state index >= 15 is 0 Å². The van der Waals surface area contributed by atoms with Crippen molar-refractivity contribution in [2.75, 3.05) is 11.4 Å². The number of carbonyl (C=O) groups is 1. The molecule has 0 atom stereocenters. The SMILES string of the molecule is Cc1cnc(C)n2nc(C=Cc3nc(N4CCCC4=O)cn3CC(F)F)nc12. The highest BCUT2D eigenvalue weighted by Gasteiger charge is 2.25. The van der Waals surface area contributed by atoms with E-state index in [1.54, 1.807) is 22.9 Å². The predicted octanol–water partition coefficient (Wildman–Crippen LogP) is 2.50. The molecule has 4 rings (SSSR count). The molecule has 1 fully saturated rings. The lowest BCUT2D eigenvalue weighted by molar-refractivity contribution is -0.117. The number of amides is 1. The highest BCUT2D eigenvalue weighted by Crippen LogP contribution is 2.22. The maximum absolute atomic E-state index is 13.0. The second-order valence-corrected chi connectivity index (χ2v) is 6.68. The van der Waals surface area contributed by atoms with Crippen molar-refractivity contribution in [2.45, 2.75) is 39.7 Å². The lowest BCUT2D eigenvalue weighted by Crippen LogP contribution is -2.23. The molecule has 8 nitrogen and oxygen atoms in total. The van der Waals surface area contributed by atoms with Crippen LogP contribution in [0.15, 0.2) is 12.4 Å². The topological polar surface area (TPSA) is 81.2 Å². The van der Waals surface area contributed by atoms with Crippen molar-refractivity contribution in [1.82, 2.24) is 29.1 Å². The largest absolute Gasteiger partial charge is 0.323 e. The number of hydrogen-bond acceptors (Lipinski definition) is 5. The number of carbonyl (C=O) groups excluding carboxylic acids is 1. The van der Waals surface area contributed by atoms with Gasteiger partial charge in [-0.15, -0.1) is 5.10 Å². The fraction of sp³-hybridized carbons (Fsp3) is 0.389. The number of halogens is 2. The number of aromatic nitrogens is 6. The Morgan fingerprint density at radius 3 is 2.75 bits per heavy atom. The van der Waals surface area contributed by atoms with Gasteiger partial charge < -0.3 is 4.57 Å². The molecule has 0 bridgehead atoms. The van der Waals surface area contributed by atoms with Gasteiger partial charge >= 0.3 is 0 Å². The van der Waals surface area contributed by atoms with Crippen LogP contribution in [0.4, 0.5) is 14.6 Å². The van der Waals surface area contributed by atoms with Crippen LogP contribution in [-0.2, 0) is 11.3 Å². The van der Waals surface area contributed by atoms with Gasteiger partial charge in [0.15, 0.2) is 17.3 Å². The van der Waals surface area contributed by atoms with E-state index in [-0.39, 0.29) is 5.91 Å². The molecule has 28 heavy (non-hydrogen) atoms. The Kier molecular flexibility index (Phi) is 4.62. The molecule has 0 saturated carbocycles. The van der Waals surface area contributed by atoms with Gasteiger partial charge in [-0.1, -0.05) is 0 Å². The molecule has 0 radical (unpaired) electrons. The average molecular weight is 387 g/mol. The molecule has 1 aliphatic rings. The van der Waals surface area contributed by atoms with Crippen molar-refractivity contribution in [3.8, 4) is 0 Å². The Hall–Kier alpha value is -3.17. The molecule has 4 heterocycles. The summed E-state index contributed by atoms with van der Waals surface area (Å²) in [5, 5.41) is 4.38. The molecular formula is C18H19F2N7O. The van der Waals surface area contributed by atoms with E-state index in [0.29, 0.717) is 41.9 Å². The Balaban J connectivity index is 1.68. The van der Waals surface area contributed by atoms with Crippen LogP contribution in [0.2, 0.25) is 0 Å². The zero-order valence-corrected chi connectivity index (χ0v) is 15.5. The number of alkyl halides is 2. The summed E-state index contributed by atoms with van der Waals surface area (Å²) >= 11 is 0. The third kappa shape index (κ3) is 3.37. The summed E-state index contributed by atoms with van der Waals surface area (Å²) in [5.74, 6) is 1.78. The van der Waals surface area contributed by atoms with Crippen molar-refractivity contribution in [2.24, 2.45) is 0 Å². The summed E-state index contributed by atoms with van der Waals surface area (Å²) in [6, 6.07) is 0. The zero-order chi connectivity index (χ0) is 19.8. The van der Waals surface area contributed by atoms with Gasteiger partial charge in [0, 0.05) is 30.9 Å². The molecular weight excluding hydrogens is 368 g/mol. The number of rotatable bonds is 5. The van der Waals surface area contributed by atoms with Gasteiger partial charge in [-0.2, -0.15) is 4.52 Å². The minimum Gasteiger partial charge on any atom is -0.323 e. The first-order chi connectivity index (χ1) is 13.4. The summed E-state index contributed by atoms with van der Waals surface area (Å²) < 4.78 is 28.9. The van der Waals surface area contributed by atoms with Crippen LogP contribution in [0.3, 0.4) is 0 Å². The van der Waals surface area contributed by atoms with Gasteiger partial charge in [0.2, 0.25) is 5.91 Å². The highest BCUT2D eigenvalue weighted by atomic mass is 19.3. The maximum Gasteiger partial charge on any atom is 0.256 e. The van der Waals surface area contributed by atoms with Gasteiger partial charge in [0.1, 0.15) is 11.6 Å². The van der Waals surface area contributed by atoms with Crippen molar-refractivity contribution in [1.29, 1.82) is 0 Å². The van der Waals surface area contributed by atoms with Gasteiger partial charge in [-0.3, -0.25) is 9.69 Å². The normalized spacial score (nSPS) is 15.0. The highest BCUT2D eigenvalue weighted by molar-refractivity contribution is 5.94. The van der Waals surface area contributed by atoms with E-state index < -0.39 is 13.0 Å². The second-order valence-electron chi connectivity index (χ2n) is 6.68. The fourth-order valence-electron chi connectivity index (χ4n) is 3.20.